The molecule has 0 aliphatic heterocycles. The van der Waals surface area contributed by atoms with Crippen molar-refractivity contribution >= 4 is 49.8 Å². The minimum atomic E-state index is -0.481. The Kier molecular flexibility index (Phi) is 7.13. The third-order valence-corrected chi connectivity index (χ3v) is 14.8. The van der Waals surface area contributed by atoms with Gasteiger partial charge in [-0.3, -0.25) is 0 Å². The molecule has 0 unspecified atom stereocenters. The second kappa shape index (κ2) is 12.8. The number of furan rings is 1. The topological polar surface area (TPSA) is 16.4 Å². The average molecular weight is 816 g/mol. The number of rotatable bonds is 4. The Hall–Kier alpha value is -7.94. The van der Waals surface area contributed by atoms with E-state index in [1.807, 2.05) is 0 Å². The summed E-state index contributed by atoms with van der Waals surface area (Å²) in [6.07, 6.45) is 0. The Morgan fingerprint density at radius 3 is 1.47 bits per heavy atom. The summed E-state index contributed by atoms with van der Waals surface area (Å²) in [4.78, 5) is 2.53. The van der Waals surface area contributed by atoms with Gasteiger partial charge in [-0.25, -0.2) is 0 Å². The minimum absolute atomic E-state index is 0.184. The highest BCUT2D eigenvalue weighted by molar-refractivity contribution is 6.17. The van der Waals surface area contributed by atoms with E-state index in [0.717, 1.165) is 55.5 Å². The molecule has 14 rings (SSSR count). The molecule has 300 valence electrons. The molecule has 3 aliphatic rings. The van der Waals surface area contributed by atoms with Crippen molar-refractivity contribution in [1.29, 1.82) is 0 Å². The predicted octanol–water partition coefficient (Wildman–Crippen LogP) is 16.5. The molecule has 0 saturated carbocycles. The van der Waals surface area contributed by atoms with Crippen molar-refractivity contribution in [3.05, 3.63) is 246 Å². The summed E-state index contributed by atoms with van der Waals surface area (Å²) in [6, 6.07) is 79.1. The van der Waals surface area contributed by atoms with Gasteiger partial charge in [0, 0.05) is 22.2 Å². The molecule has 0 saturated heterocycles. The van der Waals surface area contributed by atoms with Gasteiger partial charge in [-0.1, -0.05) is 178 Å². The van der Waals surface area contributed by atoms with Gasteiger partial charge in [0.2, 0.25) is 0 Å². The summed E-state index contributed by atoms with van der Waals surface area (Å²) in [5.74, 6) is 0. The van der Waals surface area contributed by atoms with Crippen LogP contribution in [0.25, 0.3) is 77.2 Å². The van der Waals surface area contributed by atoms with Gasteiger partial charge in [-0.05, 0) is 137 Å². The molecule has 1 spiro atoms. The molecule has 1 heterocycles. The number of fused-ring (bicyclic) bond motifs is 17. The number of anilines is 3. The van der Waals surface area contributed by atoms with E-state index >= 15 is 0 Å². The van der Waals surface area contributed by atoms with Gasteiger partial charge in [0.1, 0.15) is 11.2 Å². The molecule has 0 bridgehead atoms. The fourth-order valence-corrected chi connectivity index (χ4v) is 12.0. The summed E-state index contributed by atoms with van der Waals surface area (Å²) in [6.45, 7) is 4.75. The molecule has 2 nitrogen and oxygen atoms in total. The molecule has 0 amide bonds. The first kappa shape index (κ1) is 35.6. The molecule has 11 aromatic rings. The van der Waals surface area contributed by atoms with E-state index in [1.54, 1.807) is 0 Å². The van der Waals surface area contributed by atoms with E-state index in [2.05, 4.69) is 231 Å². The van der Waals surface area contributed by atoms with Crippen LogP contribution in [0.4, 0.5) is 17.1 Å². The Labute approximate surface area is 372 Å². The fourth-order valence-electron chi connectivity index (χ4n) is 12.0. The first-order valence-corrected chi connectivity index (χ1v) is 22.4. The molecule has 0 fully saturated rings. The van der Waals surface area contributed by atoms with Gasteiger partial charge >= 0.3 is 0 Å². The molecular weight excluding hydrogens is 775 g/mol. The summed E-state index contributed by atoms with van der Waals surface area (Å²) in [7, 11) is 0. The molecule has 1 aromatic heterocycles. The lowest BCUT2D eigenvalue weighted by atomic mass is 9.70. The van der Waals surface area contributed by atoms with Gasteiger partial charge in [-0.15, -0.1) is 0 Å². The molecule has 0 atom stereocenters. The Morgan fingerprint density at radius 1 is 0.359 bits per heavy atom. The highest BCUT2D eigenvalue weighted by Gasteiger charge is 2.51. The van der Waals surface area contributed by atoms with Crippen molar-refractivity contribution in [2.75, 3.05) is 4.90 Å². The molecule has 64 heavy (non-hydrogen) atoms. The van der Waals surface area contributed by atoms with E-state index in [1.165, 1.54) is 72.1 Å². The maximum absolute atomic E-state index is 6.98. The molecule has 0 N–H and O–H groups in total. The third-order valence-electron chi connectivity index (χ3n) is 14.8. The second-order valence-corrected chi connectivity index (χ2v) is 18.4. The lowest BCUT2D eigenvalue weighted by Crippen LogP contribution is -2.26. The Balaban J connectivity index is 1.10. The molecule has 3 aliphatic carbocycles. The van der Waals surface area contributed by atoms with Gasteiger partial charge < -0.3 is 9.32 Å². The SMILES string of the molecule is CC1(C)c2ccccc2-c2ccc(N(c3ccc4c(c3)C3(c5ccccc5-c5ccccc53)c3ccccc3-4)c3cc(-c4ccccc4)cc4oc5cc6ccccc6cc5c34)cc21. The highest BCUT2D eigenvalue weighted by atomic mass is 16.3. The second-order valence-electron chi connectivity index (χ2n) is 18.4. The van der Waals surface area contributed by atoms with Crippen LogP contribution in [-0.2, 0) is 10.8 Å². The zero-order valence-electron chi connectivity index (χ0n) is 35.6. The molecular formula is C62H41NO. The van der Waals surface area contributed by atoms with Crippen molar-refractivity contribution in [2.24, 2.45) is 0 Å². The van der Waals surface area contributed by atoms with Crippen LogP contribution >= 0.6 is 0 Å². The Morgan fingerprint density at radius 2 is 0.844 bits per heavy atom. The Bertz CT molecular complexity index is 3710. The van der Waals surface area contributed by atoms with Crippen molar-refractivity contribution in [3.8, 4) is 44.5 Å². The van der Waals surface area contributed by atoms with Crippen molar-refractivity contribution in [1.82, 2.24) is 0 Å². The van der Waals surface area contributed by atoms with Crippen LogP contribution in [0.15, 0.2) is 217 Å². The van der Waals surface area contributed by atoms with Crippen molar-refractivity contribution in [3.63, 3.8) is 0 Å². The lowest BCUT2D eigenvalue weighted by molar-refractivity contribution is 0.660. The number of nitrogens with zero attached hydrogens (tertiary/aromatic N) is 1. The average Bonchev–Trinajstić information content (AvgIpc) is 4.02. The van der Waals surface area contributed by atoms with Crippen LogP contribution < -0.4 is 4.90 Å². The third kappa shape index (κ3) is 4.64. The lowest BCUT2D eigenvalue weighted by Gasteiger charge is -2.33. The van der Waals surface area contributed by atoms with Gasteiger partial charge in [0.05, 0.1) is 16.5 Å². The normalized spacial score (nSPS) is 14.3. The maximum Gasteiger partial charge on any atom is 0.138 e. The van der Waals surface area contributed by atoms with Crippen LogP contribution in [-0.4, -0.2) is 0 Å². The van der Waals surface area contributed by atoms with Gasteiger partial charge in [0.25, 0.3) is 0 Å². The van der Waals surface area contributed by atoms with Crippen LogP contribution in [0.5, 0.6) is 0 Å². The largest absolute Gasteiger partial charge is 0.456 e. The number of hydrogen-bond acceptors (Lipinski definition) is 2. The van der Waals surface area contributed by atoms with Crippen LogP contribution in [0.1, 0.15) is 47.2 Å². The van der Waals surface area contributed by atoms with Gasteiger partial charge in [-0.2, -0.15) is 0 Å². The van der Waals surface area contributed by atoms with Gasteiger partial charge in [0.15, 0.2) is 0 Å². The molecule has 10 aromatic carbocycles. The van der Waals surface area contributed by atoms with Crippen LogP contribution in [0.3, 0.4) is 0 Å². The van der Waals surface area contributed by atoms with Crippen LogP contribution in [0, 0.1) is 0 Å². The van der Waals surface area contributed by atoms with E-state index in [0.29, 0.717) is 0 Å². The number of hydrogen-bond donors (Lipinski definition) is 0. The van der Waals surface area contributed by atoms with E-state index < -0.39 is 5.41 Å². The zero-order chi connectivity index (χ0) is 42.3. The first-order chi connectivity index (χ1) is 31.5. The monoisotopic (exact) mass is 815 g/mol. The van der Waals surface area contributed by atoms with E-state index in [-0.39, 0.29) is 5.41 Å². The predicted molar refractivity (Wildman–Crippen MR) is 265 cm³/mol. The maximum atomic E-state index is 6.98. The first-order valence-electron chi connectivity index (χ1n) is 22.4. The minimum Gasteiger partial charge on any atom is -0.456 e. The van der Waals surface area contributed by atoms with Crippen LogP contribution in [0.2, 0.25) is 0 Å². The summed E-state index contributed by atoms with van der Waals surface area (Å²) < 4.78 is 6.98. The van der Waals surface area contributed by atoms with Crippen molar-refractivity contribution < 1.29 is 4.42 Å². The molecule has 2 heteroatoms. The quantitative estimate of drug-likeness (QED) is 0.176. The summed E-state index contributed by atoms with van der Waals surface area (Å²) in [5, 5.41) is 4.55. The standard InChI is InChI=1S/C62H41NO/c1-61(2)51-24-12-8-20-44(51)48-30-28-42(36-55(48)61)63(57-33-41(38-16-4-3-5-17-38)35-59-60(57)50-32-39-18-6-7-19-40(39)34-58(50)64-59)43-29-31-49-47-23-11-15-27-54(47)62(56(49)37-43)52-25-13-9-21-45(52)46-22-10-14-26-53(46)62/h3-37H,1-2H3. The summed E-state index contributed by atoms with van der Waals surface area (Å²) >= 11 is 0. The zero-order valence-corrected chi connectivity index (χ0v) is 35.6. The fraction of sp³-hybridized carbons (Fsp3) is 0.0645. The smallest absolute Gasteiger partial charge is 0.138 e. The molecule has 0 radical (unpaired) electrons. The van der Waals surface area contributed by atoms with E-state index in [4.69, 9.17) is 4.42 Å². The summed E-state index contributed by atoms with van der Waals surface area (Å²) in [5.41, 5.74) is 22.4. The van der Waals surface area contributed by atoms with E-state index in [9.17, 15) is 0 Å². The van der Waals surface area contributed by atoms with Crippen molar-refractivity contribution in [2.45, 2.75) is 24.7 Å². The number of benzene rings is 10. The highest BCUT2D eigenvalue weighted by Crippen LogP contribution is 2.63.